The van der Waals surface area contributed by atoms with Crippen LogP contribution in [0.1, 0.15) is 20.3 Å². The van der Waals surface area contributed by atoms with Crippen molar-refractivity contribution in [2.45, 2.75) is 32.4 Å². The Morgan fingerprint density at radius 3 is 2.92 bits per heavy atom. The van der Waals surface area contributed by atoms with E-state index in [0.29, 0.717) is 23.9 Å². The molecule has 6 nitrogen and oxygen atoms in total. The third kappa shape index (κ3) is 3.55. The van der Waals surface area contributed by atoms with E-state index < -0.39 is 6.10 Å². The van der Waals surface area contributed by atoms with Crippen LogP contribution in [0.15, 0.2) is 35.3 Å². The van der Waals surface area contributed by atoms with Gasteiger partial charge >= 0.3 is 0 Å². The van der Waals surface area contributed by atoms with Crippen LogP contribution in [-0.4, -0.2) is 40.0 Å². The number of aromatic nitrogens is 2. The smallest absolute Gasteiger partial charge is 0.274 e. The molecule has 25 heavy (non-hydrogen) atoms. The van der Waals surface area contributed by atoms with Crippen LogP contribution in [0.5, 0.6) is 5.75 Å². The number of H-pyrrole nitrogens is 1. The Morgan fingerprint density at radius 1 is 1.36 bits per heavy atom. The summed E-state index contributed by atoms with van der Waals surface area (Å²) in [5.74, 6) is 0.666. The predicted molar refractivity (Wildman–Crippen MR) is 100 cm³/mol. The number of ether oxygens (including phenoxy) is 1. The van der Waals surface area contributed by atoms with Crippen LogP contribution >= 0.6 is 0 Å². The highest BCUT2D eigenvalue weighted by atomic mass is 16.5. The summed E-state index contributed by atoms with van der Waals surface area (Å²) in [6, 6.07) is 7.93. The third-order valence-corrected chi connectivity index (χ3v) is 4.57. The second-order valence-electron chi connectivity index (χ2n) is 6.51. The molecule has 2 unspecified atom stereocenters. The van der Waals surface area contributed by atoms with Gasteiger partial charge in [0.05, 0.1) is 5.52 Å². The highest BCUT2D eigenvalue weighted by Crippen LogP contribution is 2.31. The zero-order valence-corrected chi connectivity index (χ0v) is 14.9. The number of aliphatic hydroxyl groups excluding tert-OH is 1. The Labute approximate surface area is 146 Å². The molecule has 3 aromatic rings. The zero-order chi connectivity index (χ0) is 18.0. The number of aliphatic hydroxyl groups is 1. The van der Waals surface area contributed by atoms with E-state index in [1.807, 2.05) is 24.3 Å². The molecule has 2 heterocycles. The highest BCUT2D eigenvalue weighted by Gasteiger charge is 2.14. The molecule has 0 aliphatic carbocycles. The van der Waals surface area contributed by atoms with Gasteiger partial charge in [-0.1, -0.05) is 13.0 Å². The molecule has 1 aromatic carbocycles. The van der Waals surface area contributed by atoms with Crippen LogP contribution in [0.4, 0.5) is 0 Å². The number of benzene rings is 1. The Bertz CT molecular complexity index is 929. The molecule has 2 aromatic heterocycles. The first-order valence-corrected chi connectivity index (χ1v) is 8.65. The SMILES string of the molecule is CCC(C)NCC(O)COc1cccc2[nH]c3c(=O)n(C)ccc3c12. The maximum atomic E-state index is 12.3. The molecular weight excluding hydrogens is 318 g/mol. The Hall–Kier alpha value is -2.31. The van der Waals surface area contributed by atoms with Gasteiger partial charge < -0.3 is 24.7 Å². The molecule has 0 spiro atoms. The van der Waals surface area contributed by atoms with Crippen molar-refractivity contribution in [3.05, 3.63) is 40.8 Å². The molecule has 134 valence electrons. The lowest BCUT2D eigenvalue weighted by atomic mass is 10.1. The molecule has 0 saturated carbocycles. The van der Waals surface area contributed by atoms with E-state index in [9.17, 15) is 9.90 Å². The minimum atomic E-state index is -0.595. The quantitative estimate of drug-likeness (QED) is 0.614. The van der Waals surface area contributed by atoms with E-state index in [-0.39, 0.29) is 12.2 Å². The second-order valence-corrected chi connectivity index (χ2v) is 6.51. The van der Waals surface area contributed by atoms with Crippen molar-refractivity contribution in [2.75, 3.05) is 13.2 Å². The summed E-state index contributed by atoms with van der Waals surface area (Å²) in [7, 11) is 1.73. The van der Waals surface area contributed by atoms with Crippen molar-refractivity contribution < 1.29 is 9.84 Å². The number of aryl methyl sites for hydroxylation is 1. The Morgan fingerprint density at radius 2 is 2.16 bits per heavy atom. The standard InChI is InChI=1S/C19H25N3O3/c1-4-12(2)20-10-13(23)11-25-16-7-5-6-15-17(16)14-8-9-22(3)19(24)18(14)21-15/h5-9,12-13,20-21,23H,4,10-11H2,1-3H3. The summed E-state index contributed by atoms with van der Waals surface area (Å²) in [5.41, 5.74) is 1.34. The van der Waals surface area contributed by atoms with Crippen molar-refractivity contribution in [1.82, 2.24) is 14.9 Å². The third-order valence-electron chi connectivity index (χ3n) is 4.57. The number of pyridine rings is 1. The summed E-state index contributed by atoms with van der Waals surface area (Å²) >= 11 is 0. The number of aromatic amines is 1. The topological polar surface area (TPSA) is 79.3 Å². The van der Waals surface area contributed by atoms with Crippen LogP contribution in [0.2, 0.25) is 0 Å². The van der Waals surface area contributed by atoms with E-state index in [0.717, 1.165) is 22.7 Å². The van der Waals surface area contributed by atoms with Crippen LogP contribution in [0, 0.1) is 0 Å². The van der Waals surface area contributed by atoms with E-state index in [1.165, 1.54) is 0 Å². The van der Waals surface area contributed by atoms with Crippen LogP contribution < -0.4 is 15.6 Å². The molecule has 0 bridgehead atoms. The largest absolute Gasteiger partial charge is 0.490 e. The lowest BCUT2D eigenvalue weighted by molar-refractivity contribution is 0.105. The number of nitrogens with one attached hydrogen (secondary N) is 2. The van der Waals surface area contributed by atoms with Crippen molar-refractivity contribution in [1.29, 1.82) is 0 Å². The summed E-state index contributed by atoms with van der Waals surface area (Å²) in [6.07, 6.45) is 2.17. The number of hydrogen-bond donors (Lipinski definition) is 3. The number of nitrogens with zero attached hydrogens (tertiary/aromatic N) is 1. The Balaban J connectivity index is 1.85. The summed E-state index contributed by atoms with van der Waals surface area (Å²) in [4.78, 5) is 15.5. The molecule has 3 N–H and O–H groups in total. The average molecular weight is 343 g/mol. The normalized spacial score (nSPS) is 14.1. The maximum absolute atomic E-state index is 12.3. The zero-order valence-electron chi connectivity index (χ0n) is 14.9. The minimum absolute atomic E-state index is 0.0718. The van der Waals surface area contributed by atoms with Gasteiger partial charge in [0, 0.05) is 36.6 Å². The van der Waals surface area contributed by atoms with Gasteiger partial charge in [-0.2, -0.15) is 0 Å². The lowest BCUT2D eigenvalue weighted by Crippen LogP contribution is -2.36. The van der Waals surface area contributed by atoms with Crippen molar-refractivity contribution >= 4 is 21.8 Å². The first-order chi connectivity index (χ1) is 12.0. The van der Waals surface area contributed by atoms with Gasteiger partial charge in [0.2, 0.25) is 0 Å². The number of rotatable bonds is 7. The van der Waals surface area contributed by atoms with Gasteiger partial charge in [0.1, 0.15) is 24.0 Å². The highest BCUT2D eigenvalue weighted by molar-refractivity contribution is 6.10. The molecular formula is C19H25N3O3. The Kier molecular flexibility index (Phi) is 5.11. The fourth-order valence-corrected chi connectivity index (χ4v) is 2.85. The number of fused-ring (bicyclic) bond motifs is 3. The molecule has 0 aliphatic rings. The van der Waals surface area contributed by atoms with Gasteiger partial charge in [-0.05, 0) is 31.5 Å². The lowest BCUT2D eigenvalue weighted by Gasteiger charge is -2.16. The second kappa shape index (κ2) is 7.29. The van der Waals surface area contributed by atoms with Gasteiger partial charge in [-0.15, -0.1) is 0 Å². The monoisotopic (exact) mass is 343 g/mol. The van der Waals surface area contributed by atoms with Gasteiger partial charge in [-0.3, -0.25) is 4.79 Å². The minimum Gasteiger partial charge on any atom is -0.490 e. The molecule has 0 amide bonds. The average Bonchev–Trinajstić information content (AvgIpc) is 3.00. The first kappa shape index (κ1) is 17.5. The van der Waals surface area contributed by atoms with Gasteiger partial charge in [0.25, 0.3) is 5.56 Å². The van der Waals surface area contributed by atoms with E-state index in [2.05, 4.69) is 24.1 Å². The molecule has 6 heteroatoms. The van der Waals surface area contributed by atoms with Gasteiger partial charge in [0.15, 0.2) is 0 Å². The van der Waals surface area contributed by atoms with E-state index in [1.54, 1.807) is 17.8 Å². The van der Waals surface area contributed by atoms with Gasteiger partial charge in [-0.25, -0.2) is 0 Å². The summed E-state index contributed by atoms with van der Waals surface area (Å²) in [6.45, 7) is 4.86. The van der Waals surface area contributed by atoms with Crippen LogP contribution in [-0.2, 0) is 7.05 Å². The van der Waals surface area contributed by atoms with Crippen LogP contribution in [0.3, 0.4) is 0 Å². The molecule has 0 fully saturated rings. The molecule has 0 radical (unpaired) electrons. The maximum Gasteiger partial charge on any atom is 0.274 e. The molecule has 0 saturated heterocycles. The fourth-order valence-electron chi connectivity index (χ4n) is 2.85. The van der Waals surface area contributed by atoms with E-state index >= 15 is 0 Å². The fraction of sp³-hybridized carbons (Fsp3) is 0.421. The van der Waals surface area contributed by atoms with E-state index in [4.69, 9.17) is 4.74 Å². The van der Waals surface area contributed by atoms with Crippen molar-refractivity contribution in [2.24, 2.45) is 7.05 Å². The molecule has 0 aliphatic heterocycles. The summed E-state index contributed by atoms with van der Waals surface area (Å²) in [5, 5.41) is 15.1. The van der Waals surface area contributed by atoms with Crippen molar-refractivity contribution in [3.8, 4) is 5.75 Å². The predicted octanol–water partition coefficient (Wildman–Crippen LogP) is 2.15. The van der Waals surface area contributed by atoms with Crippen molar-refractivity contribution in [3.63, 3.8) is 0 Å². The number of hydrogen-bond acceptors (Lipinski definition) is 4. The summed E-state index contributed by atoms with van der Waals surface area (Å²) < 4.78 is 7.41. The molecule has 2 atom stereocenters. The molecule has 3 rings (SSSR count). The van der Waals surface area contributed by atoms with Crippen LogP contribution in [0.25, 0.3) is 21.8 Å². The first-order valence-electron chi connectivity index (χ1n) is 8.65.